The highest BCUT2D eigenvalue weighted by Gasteiger charge is 2.20. The monoisotopic (exact) mass is 195 g/mol. The second kappa shape index (κ2) is 3.69. The molecule has 2 heterocycles. The van der Waals surface area contributed by atoms with Crippen molar-refractivity contribution in [2.45, 2.75) is 45.8 Å². The third-order valence-corrected chi connectivity index (χ3v) is 2.48. The first-order valence-electron chi connectivity index (χ1n) is 5.29. The lowest BCUT2D eigenvalue weighted by molar-refractivity contribution is 0.0643. The van der Waals surface area contributed by atoms with E-state index in [-0.39, 0.29) is 0 Å². The van der Waals surface area contributed by atoms with Gasteiger partial charge >= 0.3 is 0 Å². The predicted octanol–water partition coefficient (Wildman–Crippen LogP) is 1.30. The molecule has 0 aromatic carbocycles. The molecule has 1 aromatic rings. The van der Waals surface area contributed by atoms with E-state index in [0.29, 0.717) is 5.92 Å². The summed E-state index contributed by atoms with van der Waals surface area (Å²) in [5.41, 5.74) is 0. The van der Waals surface area contributed by atoms with Gasteiger partial charge in [-0.15, -0.1) is 0 Å². The van der Waals surface area contributed by atoms with Crippen molar-refractivity contribution in [1.29, 1.82) is 0 Å². The van der Waals surface area contributed by atoms with Crippen LogP contribution < -0.4 is 0 Å². The van der Waals surface area contributed by atoms with Crippen LogP contribution in [0.3, 0.4) is 0 Å². The van der Waals surface area contributed by atoms with E-state index in [9.17, 15) is 5.11 Å². The Balaban J connectivity index is 2.21. The molecule has 4 heteroatoms. The van der Waals surface area contributed by atoms with E-state index in [4.69, 9.17) is 0 Å². The fraction of sp³-hybridized carbons (Fsp3) is 0.800. The van der Waals surface area contributed by atoms with Crippen LogP contribution in [-0.2, 0) is 12.8 Å². The second-order valence-corrected chi connectivity index (χ2v) is 4.36. The Kier molecular flexibility index (Phi) is 2.54. The number of aliphatic hydroxyl groups excluding tert-OH is 1. The fourth-order valence-corrected chi connectivity index (χ4v) is 1.83. The first kappa shape index (κ1) is 9.65. The summed E-state index contributed by atoms with van der Waals surface area (Å²) < 4.78 is 1.68. The number of aryl methyl sites for hydroxylation is 1. The highest BCUT2D eigenvalue weighted by molar-refractivity contribution is 4.97. The molecule has 0 saturated heterocycles. The summed E-state index contributed by atoms with van der Waals surface area (Å²) in [6.45, 7) is 4.30. The lowest BCUT2D eigenvalue weighted by atomic mass is 10.1. The van der Waals surface area contributed by atoms with Gasteiger partial charge in [0.2, 0.25) is 0 Å². The van der Waals surface area contributed by atoms with Crippen LogP contribution in [0.25, 0.3) is 0 Å². The minimum Gasteiger partial charge on any atom is -0.372 e. The van der Waals surface area contributed by atoms with Crippen molar-refractivity contribution in [3.8, 4) is 0 Å². The molecule has 0 spiro atoms. The third-order valence-electron chi connectivity index (χ3n) is 2.48. The lowest BCUT2D eigenvalue weighted by Gasteiger charge is -2.17. The summed E-state index contributed by atoms with van der Waals surface area (Å²) in [4.78, 5) is 4.43. The molecule has 2 rings (SSSR count). The van der Waals surface area contributed by atoms with E-state index >= 15 is 0 Å². The Morgan fingerprint density at radius 2 is 2.36 bits per heavy atom. The van der Waals surface area contributed by atoms with Crippen molar-refractivity contribution in [1.82, 2.24) is 14.8 Å². The van der Waals surface area contributed by atoms with Gasteiger partial charge in [0.1, 0.15) is 12.1 Å². The molecule has 0 fully saturated rings. The first-order chi connectivity index (χ1) is 6.66. The van der Waals surface area contributed by atoms with Gasteiger partial charge in [-0.25, -0.2) is 9.67 Å². The van der Waals surface area contributed by atoms with E-state index < -0.39 is 6.23 Å². The zero-order valence-corrected chi connectivity index (χ0v) is 8.77. The van der Waals surface area contributed by atoms with E-state index in [1.165, 1.54) is 0 Å². The van der Waals surface area contributed by atoms with E-state index in [2.05, 4.69) is 23.9 Å². The Morgan fingerprint density at radius 3 is 3.00 bits per heavy atom. The smallest absolute Gasteiger partial charge is 0.151 e. The van der Waals surface area contributed by atoms with Crippen LogP contribution in [0, 0.1) is 5.92 Å². The Labute approximate surface area is 84.0 Å². The van der Waals surface area contributed by atoms with Gasteiger partial charge in [0.15, 0.2) is 5.82 Å². The van der Waals surface area contributed by atoms with E-state index in [1.54, 1.807) is 4.68 Å². The average Bonchev–Trinajstić information content (AvgIpc) is 2.47. The van der Waals surface area contributed by atoms with Crippen molar-refractivity contribution in [2.24, 2.45) is 5.92 Å². The van der Waals surface area contributed by atoms with Gasteiger partial charge in [-0.1, -0.05) is 13.8 Å². The summed E-state index contributed by atoms with van der Waals surface area (Å²) in [5.74, 6) is 2.38. The molecule has 1 N–H and O–H groups in total. The maximum Gasteiger partial charge on any atom is 0.151 e. The van der Waals surface area contributed by atoms with E-state index in [1.807, 2.05) is 0 Å². The molecule has 78 valence electrons. The van der Waals surface area contributed by atoms with Gasteiger partial charge in [-0.3, -0.25) is 0 Å². The maximum absolute atomic E-state index is 9.67. The van der Waals surface area contributed by atoms with Crippen molar-refractivity contribution in [3.05, 3.63) is 11.6 Å². The number of hydrogen-bond acceptors (Lipinski definition) is 3. The van der Waals surface area contributed by atoms with Crippen LogP contribution in [0.15, 0.2) is 0 Å². The van der Waals surface area contributed by atoms with Gasteiger partial charge in [0.25, 0.3) is 0 Å². The Morgan fingerprint density at radius 1 is 1.57 bits per heavy atom. The molecule has 1 aliphatic heterocycles. The second-order valence-electron chi connectivity index (χ2n) is 4.36. The zero-order valence-electron chi connectivity index (χ0n) is 8.77. The van der Waals surface area contributed by atoms with Crippen molar-refractivity contribution in [3.63, 3.8) is 0 Å². The third kappa shape index (κ3) is 1.80. The summed E-state index contributed by atoms with van der Waals surface area (Å²) in [6, 6.07) is 0. The van der Waals surface area contributed by atoms with E-state index in [0.717, 1.165) is 37.3 Å². The molecule has 0 aliphatic carbocycles. The SMILES string of the molecule is CC(C)Cc1nc2n(n1)C(O)CCC2. The van der Waals surface area contributed by atoms with Crippen LogP contribution in [-0.4, -0.2) is 19.9 Å². The van der Waals surface area contributed by atoms with Crippen molar-refractivity contribution in [2.75, 3.05) is 0 Å². The molecule has 1 unspecified atom stereocenters. The minimum absolute atomic E-state index is 0.452. The summed E-state index contributed by atoms with van der Waals surface area (Å²) >= 11 is 0. The maximum atomic E-state index is 9.67. The van der Waals surface area contributed by atoms with Gasteiger partial charge in [0.05, 0.1) is 0 Å². The highest BCUT2D eigenvalue weighted by atomic mass is 16.3. The molecular weight excluding hydrogens is 178 g/mol. The van der Waals surface area contributed by atoms with Crippen LogP contribution in [0.5, 0.6) is 0 Å². The highest BCUT2D eigenvalue weighted by Crippen LogP contribution is 2.20. The van der Waals surface area contributed by atoms with Gasteiger partial charge in [-0.2, -0.15) is 5.10 Å². The van der Waals surface area contributed by atoms with Gasteiger partial charge in [-0.05, 0) is 18.8 Å². The largest absolute Gasteiger partial charge is 0.372 e. The number of fused-ring (bicyclic) bond motifs is 1. The Bertz CT molecular complexity index is 319. The summed E-state index contributed by atoms with van der Waals surface area (Å²) in [7, 11) is 0. The number of rotatable bonds is 2. The van der Waals surface area contributed by atoms with Crippen molar-refractivity contribution < 1.29 is 5.11 Å². The number of aliphatic hydroxyl groups is 1. The molecule has 0 saturated carbocycles. The molecule has 1 aliphatic rings. The normalized spacial score (nSPS) is 21.3. The van der Waals surface area contributed by atoms with Crippen molar-refractivity contribution >= 4 is 0 Å². The fourth-order valence-electron chi connectivity index (χ4n) is 1.83. The first-order valence-corrected chi connectivity index (χ1v) is 5.29. The van der Waals surface area contributed by atoms with Crippen LogP contribution in [0.1, 0.15) is 44.6 Å². The van der Waals surface area contributed by atoms with Crippen LogP contribution >= 0.6 is 0 Å². The summed E-state index contributed by atoms with van der Waals surface area (Å²) in [5, 5.41) is 14.0. The standard InChI is InChI=1S/C10H17N3O/c1-7(2)6-8-11-9-4-3-5-10(14)13(9)12-8/h7,10,14H,3-6H2,1-2H3. The average molecular weight is 195 g/mol. The number of nitrogens with zero attached hydrogens (tertiary/aromatic N) is 3. The molecule has 0 bridgehead atoms. The molecular formula is C10H17N3O. The predicted molar refractivity (Wildman–Crippen MR) is 52.8 cm³/mol. The lowest BCUT2D eigenvalue weighted by Crippen LogP contribution is -2.18. The van der Waals surface area contributed by atoms with Gasteiger partial charge < -0.3 is 5.11 Å². The molecule has 1 atom stereocenters. The molecule has 4 nitrogen and oxygen atoms in total. The summed E-state index contributed by atoms with van der Waals surface area (Å²) in [6.07, 6.45) is 3.21. The zero-order chi connectivity index (χ0) is 10.1. The number of hydrogen-bond donors (Lipinski definition) is 1. The number of aromatic nitrogens is 3. The van der Waals surface area contributed by atoms with Crippen LogP contribution in [0.4, 0.5) is 0 Å². The minimum atomic E-state index is -0.452. The molecule has 1 aromatic heterocycles. The quantitative estimate of drug-likeness (QED) is 0.774. The topological polar surface area (TPSA) is 50.9 Å². The Hall–Kier alpha value is -0.900. The molecule has 14 heavy (non-hydrogen) atoms. The van der Waals surface area contributed by atoms with Gasteiger partial charge in [0, 0.05) is 12.8 Å². The van der Waals surface area contributed by atoms with Crippen LogP contribution in [0.2, 0.25) is 0 Å². The molecule has 0 radical (unpaired) electrons. The molecule has 0 amide bonds.